The Bertz CT molecular complexity index is 842. The Morgan fingerprint density at radius 2 is 2.17 bits per heavy atom. The summed E-state index contributed by atoms with van der Waals surface area (Å²) in [7, 11) is 0. The van der Waals surface area contributed by atoms with E-state index in [-0.39, 0.29) is 5.91 Å². The molecule has 0 spiro atoms. The summed E-state index contributed by atoms with van der Waals surface area (Å²) in [6, 6.07) is 11.8. The molecule has 0 unspecified atom stereocenters. The van der Waals surface area contributed by atoms with Gasteiger partial charge in [-0.1, -0.05) is 35.5 Å². The van der Waals surface area contributed by atoms with Gasteiger partial charge < -0.3 is 10.2 Å². The molecule has 0 saturated carbocycles. The van der Waals surface area contributed by atoms with Gasteiger partial charge in [-0.3, -0.25) is 9.36 Å². The number of aromatic nitrogens is 3. The minimum Gasteiger partial charge on any atom is -0.467 e. The first-order valence-corrected chi connectivity index (χ1v) is 8.41. The van der Waals surface area contributed by atoms with Crippen LogP contribution < -0.4 is 5.73 Å². The number of nitrogens with zero attached hydrogens (tertiary/aromatic N) is 3. The number of rotatable bonds is 6. The Hall–Kier alpha value is -2.54. The second-order valence-corrected chi connectivity index (χ2v) is 6.81. The zero-order valence-electron chi connectivity index (χ0n) is 13.5. The summed E-state index contributed by atoms with van der Waals surface area (Å²) in [4.78, 5) is 11.4. The minimum atomic E-state index is -0.394. The number of carbonyl (C=O) groups excluding carboxylic acids is 1. The molecule has 0 fully saturated rings. The van der Waals surface area contributed by atoms with Crippen LogP contribution in [0.5, 0.6) is 0 Å². The van der Waals surface area contributed by atoms with Gasteiger partial charge in [-0.2, -0.15) is 0 Å². The molecule has 2 aromatic heterocycles. The zero-order chi connectivity index (χ0) is 17.1. The highest BCUT2D eigenvalue weighted by atomic mass is 32.2. The van der Waals surface area contributed by atoms with Crippen LogP contribution in [0.1, 0.15) is 18.2 Å². The normalized spacial score (nSPS) is 12.2. The number of amides is 1. The molecule has 6 nitrogen and oxygen atoms in total. The molecule has 0 aliphatic rings. The molecular formula is C17H18N4O2S. The first-order chi connectivity index (χ1) is 11.5. The molecule has 7 heteroatoms. The molecule has 1 atom stereocenters. The predicted octanol–water partition coefficient (Wildman–Crippen LogP) is 2.86. The van der Waals surface area contributed by atoms with Crippen LogP contribution in [-0.2, 0) is 11.3 Å². The van der Waals surface area contributed by atoms with Crippen molar-refractivity contribution in [2.75, 3.05) is 0 Å². The van der Waals surface area contributed by atoms with Crippen molar-refractivity contribution in [2.45, 2.75) is 30.8 Å². The van der Waals surface area contributed by atoms with Crippen LogP contribution >= 0.6 is 11.8 Å². The Labute approximate surface area is 144 Å². The molecule has 1 aromatic carbocycles. The largest absolute Gasteiger partial charge is 0.467 e. The zero-order valence-corrected chi connectivity index (χ0v) is 14.3. The van der Waals surface area contributed by atoms with Crippen LogP contribution in [0, 0.1) is 6.92 Å². The molecule has 3 rings (SSSR count). The highest BCUT2D eigenvalue weighted by molar-refractivity contribution is 8.00. The summed E-state index contributed by atoms with van der Waals surface area (Å²) in [5, 5.41) is 8.81. The highest BCUT2D eigenvalue weighted by Crippen LogP contribution is 2.28. The predicted molar refractivity (Wildman–Crippen MR) is 92.5 cm³/mol. The maximum absolute atomic E-state index is 11.4. The van der Waals surface area contributed by atoms with E-state index in [9.17, 15) is 4.79 Å². The van der Waals surface area contributed by atoms with Crippen molar-refractivity contribution >= 4 is 17.7 Å². The third-order valence-corrected chi connectivity index (χ3v) is 4.67. The van der Waals surface area contributed by atoms with Gasteiger partial charge >= 0.3 is 0 Å². The molecule has 2 N–H and O–H groups in total. The number of thioether (sulfide) groups is 1. The van der Waals surface area contributed by atoms with Gasteiger partial charge in [-0.15, -0.1) is 10.2 Å². The van der Waals surface area contributed by atoms with E-state index in [2.05, 4.69) is 16.3 Å². The van der Waals surface area contributed by atoms with E-state index in [1.807, 2.05) is 41.8 Å². The number of carbonyl (C=O) groups is 1. The number of aryl methyl sites for hydroxylation is 1. The molecule has 0 aliphatic heterocycles. The average Bonchev–Trinajstić information content (AvgIpc) is 3.18. The first kappa shape index (κ1) is 16.3. The van der Waals surface area contributed by atoms with Crippen molar-refractivity contribution in [1.29, 1.82) is 0 Å². The average molecular weight is 342 g/mol. The Morgan fingerprint density at radius 1 is 1.33 bits per heavy atom. The second-order valence-electron chi connectivity index (χ2n) is 5.50. The van der Waals surface area contributed by atoms with Crippen LogP contribution in [0.4, 0.5) is 0 Å². The van der Waals surface area contributed by atoms with Gasteiger partial charge in [0.05, 0.1) is 18.1 Å². The topological polar surface area (TPSA) is 86.9 Å². The first-order valence-electron chi connectivity index (χ1n) is 7.53. The lowest BCUT2D eigenvalue weighted by Crippen LogP contribution is -2.23. The lowest BCUT2D eigenvalue weighted by molar-refractivity contribution is -0.117. The molecule has 0 saturated heterocycles. The van der Waals surface area contributed by atoms with Gasteiger partial charge in [0.25, 0.3) is 0 Å². The maximum Gasteiger partial charge on any atom is 0.230 e. The lowest BCUT2D eigenvalue weighted by atomic mass is 10.1. The molecule has 2 heterocycles. The molecule has 1 amide bonds. The molecule has 3 aromatic rings. The number of furan rings is 1. The maximum atomic E-state index is 11.4. The van der Waals surface area contributed by atoms with Crippen LogP contribution in [0.2, 0.25) is 0 Å². The molecular weight excluding hydrogens is 324 g/mol. The third-order valence-electron chi connectivity index (χ3n) is 3.57. The van der Waals surface area contributed by atoms with E-state index >= 15 is 0 Å². The van der Waals surface area contributed by atoms with E-state index in [1.165, 1.54) is 11.8 Å². The molecule has 124 valence electrons. The van der Waals surface area contributed by atoms with Gasteiger partial charge in [0.1, 0.15) is 5.76 Å². The summed E-state index contributed by atoms with van der Waals surface area (Å²) >= 11 is 1.29. The fourth-order valence-electron chi connectivity index (χ4n) is 2.29. The summed E-state index contributed by atoms with van der Waals surface area (Å²) in [6.07, 6.45) is 1.63. The Morgan fingerprint density at radius 3 is 2.83 bits per heavy atom. The second kappa shape index (κ2) is 6.92. The number of benzene rings is 1. The molecule has 0 radical (unpaired) electrons. The standard InChI is InChI=1S/C17H18N4O2S/c1-11-5-3-6-13(9-11)16-19-20-17(24-12(2)15(18)22)21(16)10-14-7-4-8-23-14/h3-9,12H,10H2,1-2H3,(H2,18,22)/t12-/m0/s1. The van der Waals surface area contributed by atoms with E-state index < -0.39 is 5.25 Å². The van der Waals surface area contributed by atoms with Crippen LogP contribution in [0.15, 0.2) is 52.2 Å². The van der Waals surface area contributed by atoms with Crippen molar-refractivity contribution in [3.05, 3.63) is 54.0 Å². The van der Waals surface area contributed by atoms with Gasteiger partial charge in [0.15, 0.2) is 11.0 Å². The fraction of sp³-hybridized carbons (Fsp3) is 0.235. The van der Waals surface area contributed by atoms with E-state index in [1.54, 1.807) is 13.2 Å². The summed E-state index contributed by atoms with van der Waals surface area (Å²) in [5.74, 6) is 1.14. The third kappa shape index (κ3) is 3.51. The smallest absolute Gasteiger partial charge is 0.230 e. The van der Waals surface area contributed by atoms with Crippen molar-refractivity contribution in [1.82, 2.24) is 14.8 Å². The van der Waals surface area contributed by atoms with Gasteiger partial charge in [0.2, 0.25) is 5.91 Å². The van der Waals surface area contributed by atoms with Gasteiger partial charge in [0, 0.05) is 5.56 Å². The van der Waals surface area contributed by atoms with E-state index in [4.69, 9.17) is 10.2 Å². The van der Waals surface area contributed by atoms with Crippen molar-refractivity contribution < 1.29 is 9.21 Å². The highest BCUT2D eigenvalue weighted by Gasteiger charge is 2.20. The number of primary amides is 1. The van der Waals surface area contributed by atoms with Crippen molar-refractivity contribution in [3.63, 3.8) is 0 Å². The van der Waals surface area contributed by atoms with E-state index in [0.29, 0.717) is 11.7 Å². The van der Waals surface area contributed by atoms with Gasteiger partial charge in [-0.25, -0.2) is 0 Å². The van der Waals surface area contributed by atoms with Gasteiger partial charge in [-0.05, 0) is 32.0 Å². The summed E-state index contributed by atoms with van der Waals surface area (Å²) in [6.45, 7) is 4.27. The van der Waals surface area contributed by atoms with Crippen LogP contribution in [0.3, 0.4) is 0 Å². The van der Waals surface area contributed by atoms with Crippen LogP contribution in [-0.4, -0.2) is 25.9 Å². The summed E-state index contributed by atoms with van der Waals surface area (Å²) in [5.41, 5.74) is 7.48. The fourth-order valence-corrected chi connectivity index (χ4v) is 3.09. The molecule has 24 heavy (non-hydrogen) atoms. The van der Waals surface area contributed by atoms with E-state index in [0.717, 1.165) is 22.7 Å². The number of hydrogen-bond donors (Lipinski definition) is 1. The summed E-state index contributed by atoms with van der Waals surface area (Å²) < 4.78 is 7.39. The Kier molecular flexibility index (Phi) is 4.71. The quantitative estimate of drug-likeness (QED) is 0.696. The SMILES string of the molecule is Cc1cccc(-c2nnc(S[C@@H](C)C(N)=O)n2Cc2ccco2)c1. The van der Waals surface area contributed by atoms with Crippen molar-refractivity contribution in [3.8, 4) is 11.4 Å². The van der Waals surface area contributed by atoms with Crippen molar-refractivity contribution in [2.24, 2.45) is 5.73 Å². The minimum absolute atomic E-state index is 0.385. The monoisotopic (exact) mass is 342 g/mol. The van der Waals surface area contributed by atoms with Crippen LogP contribution in [0.25, 0.3) is 11.4 Å². The lowest BCUT2D eigenvalue weighted by Gasteiger charge is -2.11. The molecule has 0 aliphatic carbocycles. The Balaban J connectivity index is 2.02. The number of hydrogen-bond acceptors (Lipinski definition) is 5. The molecule has 0 bridgehead atoms. The number of nitrogens with two attached hydrogens (primary N) is 1.